The standard InChI is InChI=1S/C17H14FN5O3/c1-26-14-6-10(2-3-11(14)18)12-7-13(22-9-21-12)17(25)20-8-15-19-5-4-16(24)23-15/h2-7,9H,8H2,1H3,(H,20,25)(H,19,23,24). The van der Waals surface area contributed by atoms with Crippen LogP contribution in [0, 0.1) is 5.82 Å². The van der Waals surface area contributed by atoms with Crippen LogP contribution in [0.3, 0.4) is 0 Å². The number of benzene rings is 1. The highest BCUT2D eigenvalue weighted by Crippen LogP contribution is 2.25. The lowest BCUT2D eigenvalue weighted by Crippen LogP contribution is -2.26. The Kier molecular flexibility index (Phi) is 4.97. The Morgan fingerprint density at radius 2 is 2.08 bits per heavy atom. The molecule has 8 nitrogen and oxygen atoms in total. The van der Waals surface area contributed by atoms with Gasteiger partial charge in [0.1, 0.15) is 17.8 Å². The molecule has 0 fully saturated rings. The first kappa shape index (κ1) is 17.2. The van der Waals surface area contributed by atoms with E-state index in [2.05, 4.69) is 25.3 Å². The number of rotatable bonds is 5. The lowest BCUT2D eigenvalue weighted by atomic mass is 10.1. The summed E-state index contributed by atoms with van der Waals surface area (Å²) in [4.78, 5) is 38.0. The van der Waals surface area contributed by atoms with E-state index in [4.69, 9.17) is 4.74 Å². The van der Waals surface area contributed by atoms with Crippen LogP contribution in [-0.2, 0) is 6.54 Å². The maximum Gasteiger partial charge on any atom is 0.270 e. The van der Waals surface area contributed by atoms with E-state index in [-0.39, 0.29) is 23.5 Å². The van der Waals surface area contributed by atoms with E-state index < -0.39 is 11.7 Å². The van der Waals surface area contributed by atoms with Gasteiger partial charge in [0.2, 0.25) is 0 Å². The van der Waals surface area contributed by atoms with Crippen LogP contribution >= 0.6 is 0 Å². The minimum absolute atomic E-state index is 0.0403. The summed E-state index contributed by atoms with van der Waals surface area (Å²) in [5.41, 5.74) is 0.832. The Morgan fingerprint density at radius 1 is 1.23 bits per heavy atom. The minimum Gasteiger partial charge on any atom is -0.494 e. The van der Waals surface area contributed by atoms with Crippen LogP contribution in [0.5, 0.6) is 5.75 Å². The molecule has 0 saturated carbocycles. The largest absolute Gasteiger partial charge is 0.494 e. The summed E-state index contributed by atoms with van der Waals surface area (Å²) in [6.45, 7) is 0.0403. The molecule has 0 aliphatic heterocycles. The van der Waals surface area contributed by atoms with Crippen LogP contribution < -0.4 is 15.6 Å². The average molecular weight is 355 g/mol. The van der Waals surface area contributed by atoms with Gasteiger partial charge in [0.25, 0.3) is 11.5 Å². The Bertz CT molecular complexity index is 1010. The number of carbonyl (C=O) groups excluding carboxylic acids is 1. The lowest BCUT2D eigenvalue weighted by Gasteiger charge is -2.07. The van der Waals surface area contributed by atoms with E-state index in [9.17, 15) is 14.0 Å². The molecule has 2 heterocycles. The zero-order valence-corrected chi connectivity index (χ0v) is 13.7. The third kappa shape index (κ3) is 3.89. The molecule has 1 aromatic carbocycles. The van der Waals surface area contributed by atoms with Gasteiger partial charge in [0, 0.05) is 17.8 Å². The second kappa shape index (κ2) is 7.51. The summed E-state index contributed by atoms with van der Waals surface area (Å²) in [6, 6.07) is 7.02. The molecule has 0 atom stereocenters. The third-order valence-electron chi connectivity index (χ3n) is 3.49. The fourth-order valence-corrected chi connectivity index (χ4v) is 2.21. The molecule has 9 heteroatoms. The number of ether oxygens (including phenoxy) is 1. The van der Waals surface area contributed by atoms with E-state index in [1.165, 1.54) is 50.0 Å². The molecule has 2 N–H and O–H groups in total. The SMILES string of the molecule is COc1cc(-c2cc(C(=O)NCc3nccc(=O)[nH]3)ncn2)ccc1F. The van der Waals surface area contributed by atoms with E-state index >= 15 is 0 Å². The zero-order valence-electron chi connectivity index (χ0n) is 13.7. The molecule has 132 valence electrons. The third-order valence-corrected chi connectivity index (χ3v) is 3.49. The maximum atomic E-state index is 13.5. The van der Waals surface area contributed by atoms with Crippen LogP contribution in [-0.4, -0.2) is 33.0 Å². The number of hydrogen-bond donors (Lipinski definition) is 2. The second-order valence-corrected chi connectivity index (χ2v) is 5.20. The molecular weight excluding hydrogens is 341 g/mol. The molecule has 0 unspecified atom stereocenters. The Labute approximate surface area is 147 Å². The number of nitrogens with one attached hydrogen (secondary N) is 2. The lowest BCUT2D eigenvalue weighted by molar-refractivity contribution is 0.0944. The topological polar surface area (TPSA) is 110 Å². The van der Waals surface area contributed by atoms with E-state index in [0.717, 1.165) is 0 Å². The molecule has 0 saturated heterocycles. The van der Waals surface area contributed by atoms with Crippen molar-refractivity contribution in [2.45, 2.75) is 6.54 Å². The number of methoxy groups -OCH3 is 1. The summed E-state index contributed by atoms with van der Waals surface area (Å²) in [6.07, 6.45) is 2.59. The number of aromatic nitrogens is 4. The molecule has 26 heavy (non-hydrogen) atoms. The normalized spacial score (nSPS) is 10.4. The van der Waals surface area contributed by atoms with Crippen molar-refractivity contribution in [3.63, 3.8) is 0 Å². The molecule has 3 aromatic rings. The predicted molar refractivity (Wildman–Crippen MR) is 90.0 cm³/mol. The summed E-state index contributed by atoms with van der Waals surface area (Å²) in [5.74, 6) is -0.559. The van der Waals surface area contributed by atoms with Gasteiger partial charge in [-0.3, -0.25) is 9.59 Å². The van der Waals surface area contributed by atoms with Crippen molar-refractivity contribution < 1.29 is 13.9 Å². The van der Waals surface area contributed by atoms with Crippen molar-refractivity contribution >= 4 is 5.91 Å². The molecule has 0 radical (unpaired) electrons. The number of H-pyrrole nitrogens is 1. The van der Waals surface area contributed by atoms with Gasteiger partial charge in [0.05, 0.1) is 19.3 Å². The summed E-state index contributed by atoms with van der Waals surface area (Å²) >= 11 is 0. The molecule has 2 aromatic heterocycles. The molecule has 0 aliphatic carbocycles. The van der Waals surface area contributed by atoms with Gasteiger partial charge in [0.15, 0.2) is 11.6 Å². The van der Waals surface area contributed by atoms with Crippen LogP contribution in [0.15, 0.2) is 47.7 Å². The number of aromatic amines is 1. The number of amides is 1. The van der Waals surface area contributed by atoms with Crippen molar-refractivity contribution in [3.8, 4) is 17.0 Å². The van der Waals surface area contributed by atoms with Crippen molar-refractivity contribution in [1.82, 2.24) is 25.3 Å². The van der Waals surface area contributed by atoms with Crippen molar-refractivity contribution in [2.75, 3.05) is 7.11 Å². The number of nitrogens with zero attached hydrogens (tertiary/aromatic N) is 3. The molecular formula is C17H14FN5O3. The van der Waals surface area contributed by atoms with Gasteiger partial charge >= 0.3 is 0 Å². The summed E-state index contributed by atoms with van der Waals surface area (Å²) in [7, 11) is 1.36. The second-order valence-electron chi connectivity index (χ2n) is 5.20. The maximum absolute atomic E-state index is 13.5. The van der Waals surface area contributed by atoms with E-state index in [1.807, 2.05) is 0 Å². The van der Waals surface area contributed by atoms with Crippen LogP contribution in [0.4, 0.5) is 4.39 Å². The zero-order chi connectivity index (χ0) is 18.5. The van der Waals surface area contributed by atoms with Crippen LogP contribution in [0.2, 0.25) is 0 Å². The summed E-state index contributed by atoms with van der Waals surface area (Å²) < 4.78 is 18.5. The highest BCUT2D eigenvalue weighted by atomic mass is 19.1. The Hall–Kier alpha value is -3.62. The molecule has 0 aliphatic rings. The summed E-state index contributed by atoms with van der Waals surface area (Å²) in [5, 5.41) is 2.61. The highest BCUT2D eigenvalue weighted by Gasteiger charge is 2.12. The van der Waals surface area contributed by atoms with Gasteiger partial charge < -0.3 is 15.0 Å². The fourth-order valence-electron chi connectivity index (χ4n) is 2.21. The molecule has 0 spiro atoms. The van der Waals surface area contributed by atoms with Crippen molar-refractivity contribution in [2.24, 2.45) is 0 Å². The molecule has 1 amide bonds. The van der Waals surface area contributed by atoms with Crippen LogP contribution in [0.1, 0.15) is 16.3 Å². The number of halogens is 1. The number of carbonyl (C=O) groups is 1. The average Bonchev–Trinajstić information content (AvgIpc) is 2.66. The Balaban J connectivity index is 1.78. The first-order chi connectivity index (χ1) is 12.6. The van der Waals surface area contributed by atoms with E-state index in [0.29, 0.717) is 17.1 Å². The first-order valence-corrected chi connectivity index (χ1v) is 7.55. The molecule has 3 rings (SSSR count). The van der Waals surface area contributed by atoms with Gasteiger partial charge in [-0.25, -0.2) is 19.3 Å². The minimum atomic E-state index is -0.493. The van der Waals surface area contributed by atoms with Crippen LogP contribution in [0.25, 0.3) is 11.3 Å². The van der Waals surface area contributed by atoms with Gasteiger partial charge in [-0.2, -0.15) is 0 Å². The fraction of sp³-hybridized carbons (Fsp3) is 0.118. The smallest absolute Gasteiger partial charge is 0.270 e. The quantitative estimate of drug-likeness (QED) is 0.714. The highest BCUT2D eigenvalue weighted by molar-refractivity contribution is 5.93. The van der Waals surface area contributed by atoms with Gasteiger partial charge in [-0.1, -0.05) is 0 Å². The predicted octanol–water partition coefficient (Wildman–Crippen LogP) is 1.30. The molecule has 0 bridgehead atoms. The van der Waals surface area contributed by atoms with Crippen molar-refractivity contribution in [3.05, 3.63) is 70.5 Å². The van der Waals surface area contributed by atoms with E-state index in [1.54, 1.807) is 0 Å². The number of hydrogen-bond acceptors (Lipinski definition) is 6. The van der Waals surface area contributed by atoms with Gasteiger partial charge in [-0.05, 0) is 24.3 Å². The van der Waals surface area contributed by atoms with Gasteiger partial charge in [-0.15, -0.1) is 0 Å². The first-order valence-electron chi connectivity index (χ1n) is 7.55. The Morgan fingerprint density at radius 3 is 2.85 bits per heavy atom. The monoisotopic (exact) mass is 355 g/mol. The van der Waals surface area contributed by atoms with Crippen molar-refractivity contribution in [1.29, 1.82) is 0 Å².